The van der Waals surface area contributed by atoms with Gasteiger partial charge in [-0.3, -0.25) is 4.79 Å². The molecule has 1 N–H and O–H groups in total. The van der Waals surface area contributed by atoms with E-state index >= 15 is 0 Å². The number of nitrogens with one attached hydrogen (secondary N) is 1. The maximum atomic E-state index is 11.9. The predicted molar refractivity (Wildman–Crippen MR) is 89.4 cm³/mol. The van der Waals surface area contributed by atoms with Crippen LogP contribution in [0.15, 0.2) is 33.6 Å². The van der Waals surface area contributed by atoms with Crippen LogP contribution in [0.1, 0.15) is 17.4 Å². The first-order valence-corrected chi connectivity index (χ1v) is 8.83. The van der Waals surface area contributed by atoms with Crippen molar-refractivity contribution in [3.8, 4) is 0 Å². The Labute approximate surface area is 143 Å². The van der Waals surface area contributed by atoms with Gasteiger partial charge in [-0.05, 0) is 31.2 Å². The monoisotopic (exact) mass is 401 g/mol. The van der Waals surface area contributed by atoms with E-state index in [2.05, 4.69) is 30.8 Å². The molecule has 116 valence electrons. The highest BCUT2D eigenvalue weighted by atomic mass is 79.9. The van der Waals surface area contributed by atoms with Crippen molar-refractivity contribution in [3.05, 3.63) is 34.4 Å². The van der Waals surface area contributed by atoms with E-state index in [4.69, 9.17) is 4.74 Å². The number of nitrogens with zero attached hydrogens (tertiary/aromatic N) is 2. The summed E-state index contributed by atoms with van der Waals surface area (Å²) in [6, 6.07) is 7.65. The maximum Gasteiger partial charge on any atom is 0.362 e. The lowest BCUT2D eigenvalue weighted by molar-refractivity contribution is -0.113. The van der Waals surface area contributed by atoms with Gasteiger partial charge in [0.15, 0.2) is 5.00 Å². The maximum absolute atomic E-state index is 11.9. The second kappa shape index (κ2) is 8.25. The molecule has 0 spiro atoms. The number of hydrogen-bond donors (Lipinski definition) is 1. The Morgan fingerprint density at radius 1 is 1.36 bits per heavy atom. The van der Waals surface area contributed by atoms with Crippen molar-refractivity contribution in [1.29, 1.82) is 0 Å². The summed E-state index contributed by atoms with van der Waals surface area (Å²) < 4.78 is 9.51. The van der Waals surface area contributed by atoms with Crippen LogP contribution < -0.4 is 5.32 Å². The number of hydrogen-bond acceptors (Lipinski definition) is 7. The lowest BCUT2D eigenvalue weighted by Gasteiger charge is -2.04. The van der Waals surface area contributed by atoms with Crippen LogP contribution in [0.4, 0.5) is 5.00 Å². The fourth-order valence-corrected chi connectivity index (χ4v) is 2.99. The largest absolute Gasteiger partial charge is 0.461 e. The van der Waals surface area contributed by atoms with E-state index in [1.165, 1.54) is 11.8 Å². The zero-order valence-corrected chi connectivity index (χ0v) is 14.8. The molecule has 1 aromatic carbocycles. The molecule has 0 fully saturated rings. The van der Waals surface area contributed by atoms with E-state index in [0.29, 0.717) is 5.00 Å². The van der Waals surface area contributed by atoms with Crippen LogP contribution in [0.5, 0.6) is 0 Å². The van der Waals surface area contributed by atoms with Crippen LogP contribution in [-0.2, 0) is 9.53 Å². The highest BCUT2D eigenvalue weighted by molar-refractivity contribution is 9.10. The zero-order chi connectivity index (χ0) is 15.9. The Bertz CT molecular complexity index is 661. The number of thioether (sulfide) groups is 1. The molecule has 0 saturated heterocycles. The van der Waals surface area contributed by atoms with Crippen LogP contribution in [0.25, 0.3) is 0 Å². The average Bonchev–Trinajstić information content (AvgIpc) is 2.95. The zero-order valence-electron chi connectivity index (χ0n) is 11.5. The summed E-state index contributed by atoms with van der Waals surface area (Å²) in [5.41, 5.74) is 0.0360. The van der Waals surface area contributed by atoms with Gasteiger partial charge in [0.25, 0.3) is 0 Å². The number of anilines is 1. The molecule has 1 aromatic heterocycles. The van der Waals surface area contributed by atoms with Crippen molar-refractivity contribution in [2.75, 3.05) is 17.7 Å². The second-order valence-corrected chi connectivity index (χ2v) is 6.68. The molecule has 6 nitrogen and oxygen atoms in total. The molecule has 0 unspecified atom stereocenters. The van der Waals surface area contributed by atoms with Crippen molar-refractivity contribution in [3.63, 3.8) is 0 Å². The van der Waals surface area contributed by atoms with Crippen LogP contribution in [-0.4, -0.2) is 33.8 Å². The van der Waals surface area contributed by atoms with Crippen molar-refractivity contribution in [1.82, 2.24) is 9.59 Å². The van der Waals surface area contributed by atoms with Gasteiger partial charge in [-0.15, -0.1) is 16.9 Å². The molecule has 0 aliphatic rings. The number of benzene rings is 1. The summed E-state index contributed by atoms with van der Waals surface area (Å²) in [4.78, 5) is 24.6. The standard InChI is InChI=1S/C13H12BrN3O3S2/c1-2-20-13(19)11-12(22-17-16-11)15-10(18)7-21-9-5-3-8(14)4-6-9/h3-6H,2,7H2,1H3,(H,15,18). The van der Waals surface area contributed by atoms with Crippen molar-refractivity contribution >= 4 is 56.1 Å². The molecule has 1 heterocycles. The van der Waals surface area contributed by atoms with Crippen molar-refractivity contribution in [2.24, 2.45) is 0 Å². The predicted octanol–water partition coefficient (Wildman–Crippen LogP) is 3.21. The number of amides is 1. The van der Waals surface area contributed by atoms with E-state index in [9.17, 15) is 9.59 Å². The minimum atomic E-state index is -0.591. The summed E-state index contributed by atoms with van der Waals surface area (Å²) in [6.45, 7) is 1.94. The Morgan fingerprint density at radius 3 is 2.77 bits per heavy atom. The Balaban J connectivity index is 1.91. The van der Waals surface area contributed by atoms with Gasteiger partial charge in [-0.25, -0.2) is 4.79 Å². The van der Waals surface area contributed by atoms with E-state index in [-0.39, 0.29) is 24.0 Å². The van der Waals surface area contributed by atoms with Crippen LogP contribution in [0.2, 0.25) is 0 Å². The third-order valence-corrected chi connectivity index (χ3v) is 4.58. The second-order valence-electron chi connectivity index (χ2n) is 3.96. The van der Waals surface area contributed by atoms with Crippen molar-refractivity contribution < 1.29 is 14.3 Å². The quantitative estimate of drug-likeness (QED) is 0.590. The Morgan fingerprint density at radius 2 is 2.09 bits per heavy atom. The normalized spacial score (nSPS) is 10.3. The van der Waals surface area contributed by atoms with Crippen LogP contribution in [0, 0.1) is 0 Å². The molecule has 0 aliphatic heterocycles. The lowest BCUT2D eigenvalue weighted by atomic mass is 10.4. The molecule has 0 bridgehead atoms. The molecule has 0 atom stereocenters. The number of carbonyl (C=O) groups excluding carboxylic acids is 2. The molecule has 1 amide bonds. The molecule has 0 radical (unpaired) electrons. The minimum Gasteiger partial charge on any atom is -0.461 e. The molecule has 22 heavy (non-hydrogen) atoms. The fourth-order valence-electron chi connectivity index (χ4n) is 1.45. The first-order valence-electron chi connectivity index (χ1n) is 6.28. The molecular formula is C13H12BrN3O3S2. The summed E-state index contributed by atoms with van der Waals surface area (Å²) in [5, 5.41) is 6.62. The molecule has 0 aliphatic carbocycles. The molecule has 2 rings (SSSR count). The highest BCUT2D eigenvalue weighted by Gasteiger charge is 2.19. The van der Waals surface area contributed by atoms with Crippen LogP contribution >= 0.6 is 39.2 Å². The van der Waals surface area contributed by atoms with Crippen molar-refractivity contribution in [2.45, 2.75) is 11.8 Å². The molecule has 2 aromatic rings. The number of aromatic nitrogens is 2. The number of ether oxygens (including phenoxy) is 1. The van der Waals surface area contributed by atoms with E-state index in [1.807, 2.05) is 24.3 Å². The molecular weight excluding hydrogens is 390 g/mol. The van der Waals surface area contributed by atoms with Gasteiger partial charge in [0, 0.05) is 20.9 Å². The minimum absolute atomic E-state index is 0.0360. The summed E-state index contributed by atoms with van der Waals surface area (Å²) in [6.07, 6.45) is 0. The van der Waals surface area contributed by atoms with Crippen LogP contribution in [0.3, 0.4) is 0 Å². The molecule has 0 saturated carbocycles. The van der Waals surface area contributed by atoms with E-state index in [1.54, 1.807) is 6.92 Å². The van der Waals surface area contributed by atoms with Gasteiger partial charge in [0.1, 0.15) is 0 Å². The van der Waals surface area contributed by atoms with Gasteiger partial charge in [-0.1, -0.05) is 20.4 Å². The van der Waals surface area contributed by atoms with Gasteiger partial charge < -0.3 is 10.1 Å². The molecule has 9 heteroatoms. The van der Waals surface area contributed by atoms with E-state index < -0.39 is 5.97 Å². The third kappa shape index (κ3) is 4.79. The Kier molecular flexibility index (Phi) is 6.34. The Hall–Kier alpha value is -1.45. The van der Waals surface area contributed by atoms with E-state index in [0.717, 1.165) is 20.9 Å². The van der Waals surface area contributed by atoms with Gasteiger partial charge in [0.05, 0.1) is 12.4 Å². The number of rotatable bonds is 6. The first kappa shape index (κ1) is 16.9. The summed E-state index contributed by atoms with van der Waals surface area (Å²) in [7, 11) is 0. The van der Waals surface area contributed by atoms with Gasteiger partial charge in [-0.2, -0.15) is 0 Å². The number of halogens is 1. The highest BCUT2D eigenvalue weighted by Crippen LogP contribution is 2.22. The average molecular weight is 402 g/mol. The SMILES string of the molecule is CCOC(=O)c1nnsc1NC(=O)CSc1ccc(Br)cc1. The summed E-state index contributed by atoms with van der Waals surface area (Å²) >= 11 is 5.70. The number of esters is 1. The number of carbonyl (C=O) groups is 2. The van der Waals surface area contributed by atoms with Gasteiger partial charge in [0.2, 0.25) is 11.6 Å². The van der Waals surface area contributed by atoms with Gasteiger partial charge >= 0.3 is 5.97 Å². The first-order chi connectivity index (χ1) is 10.6. The smallest absolute Gasteiger partial charge is 0.362 e. The summed E-state index contributed by atoms with van der Waals surface area (Å²) in [5.74, 6) is -0.599. The topological polar surface area (TPSA) is 81.2 Å². The lowest BCUT2D eigenvalue weighted by Crippen LogP contribution is -2.16. The third-order valence-electron chi connectivity index (χ3n) is 2.39. The fraction of sp³-hybridized carbons (Fsp3) is 0.231.